The van der Waals surface area contributed by atoms with Crippen molar-refractivity contribution in [3.63, 3.8) is 0 Å². The third-order valence-electron chi connectivity index (χ3n) is 4.47. The maximum absolute atomic E-state index is 10.7. The number of aliphatic imine (C=N–C) groups is 1. The van der Waals surface area contributed by atoms with Crippen molar-refractivity contribution in [2.75, 3.05) is 26.2 Å². The van der Waals surface area contributed by atoms with Crippen LogP contribution in [0.2, 0.25) is 0 Å². The van der Waals surface area contributed by atoms with Crippen LogP contribution in [0.15, 0.2) is 17.4 Å². The topological polar surface area (TPSA) is 101 Å². The second kappa shape index (κ2) is 10.7. The SMILES string of the molecule is CCNC(=NCCn1cc([N+](=O)[O-])cn1)NC1CN(C(C)C)CC1C.I. The third kappa shape index (κ3) is 6.38. The number of nitro groups is 1. The van der Waals surface area contributed by atoms with Crippen LogP contribution < -0.4 is 10.6 Å². The summed E-state index contributed by atoms with van der Waals surface area (Å²) in [6, 6.07) is 0.912. The van der Waals surface area contributed by atoms with Crippen LogP contribution in [0.1, 0.15) is 27.7 Å². The summed E-state index contributed by atoms with van der Waals surface area (Å²) in [5.41, 5.74) is 0.00238. The van der Waals surface area contributed by atoms with Gasteiger partial charge in [-0.05, 0) is 26.7 Å². The maximum Gasteiger partial charge on any atom is 0.306 e. The standard InChI is InChI=1S/C16H29N7O2.HI/c1-5-17-16(20-15-11-21(12(2)3)9-13(15)4)18-6-7-22-10-14(8-19-22)23(24)25;/h8,10,12-13,15H,5-7,9,11H2,1-4H3,(H2,17,18,20);1H. The van der Waals surface area contributed by atoms with E-state index in [0.717, 1.165) is 25.6 Å². The molecule has 1 aromatic rings. The van der Waals surface area contributed by atoms with E-state index in [9.17, 15) is 10.1 Å². The van der Waals surface area contributed by atoms with Crippen molar-refractivity contribution in [1.82, 2.24) is 25.3 Å². The van der Waals surface area contributed by atoms with Gasteiger partial charge < -0.3 is 10.6 Å². The minimum absolute atomic E-state index is 0. The number of likely N-dealkylation sites (tertiary alicyclic amines) is 1. The fraction of sp³-hybridized carbons (Fsp3) is 0.750. The zero-order valence-corrected chi connectivity index (χ0v) is 18.2. The molecule has 0 aromatic carbocycles. The fourth-order valence-electron chi connectivity index (χ4n) is 2.94. The minimum Gasteiger partial charge on any atom is -0.357 e. The van der Waals surface area contributed by atoms with E-state index >= 15 is 0 Å². The van der Waals surface area contributed by atoms with Crippen molar-refractivity contribution in [2.24, 2.45) is 10.9 Å². The Morgan fingerprint density at radius 3 is 2.77 bits per heavy atom. The molecule has 2 N–H and O–H groups in total. The molecule has 10 heteroatoms. The van der Waals surface area contributed by atoms with Crippen molar-refractivity contribution in [3.05, 3.63) is 22.5 Å². The lowest BCUT2D eigenvalue weighted by molar-refractivity contribution is -0.385. The highest BCUT2D eigenvalue weighted by Gasteiger charge is 2.31. The number of aromatic nitrogens is 2. The van der Waals surface area contributed by atoms with Crippen LogP contribution >= 0.6 is 24.0 Å². The van der Waals surface area contributed by atoms with Crippen LogP contribution in [-0.4, -0.2) is 63.8 Å². The van der Waals surface area contributed by atoms with Gasteiger partial charge in [0, 0.05) is 31.7 Å². The van der Waals surface area contributed by atoms with Crippen molar-refractivity contribution in [1.29, 1.82) is 0 Å². The highest BCUT2D eigenvalue weighted by atomic mass is 127. The maximum atomic E-state index is 10.7. The van der Waals surface area contributed by atoms with Crippen molar-refractivity contribution >= 4 is 35.6 Å². The fourth-order valence-corrected chi connectivity index (χ4v) is 2.94. The van der Waals surface area contributed by atoms with Gasteiger partial charge in [0.2, 0.25) is 0 Å². The Bertz CT molecular complexity index is 605. The summed E-state index contributed by atoms with van der Waals surface area (Å²) >= 11 is 0. The van der Waals surface area contributed by atoms with Crippen LogP contribution in [0.4, 0.5) is 5.69 Å². The van der Waals surface area contributed by atoms with Crippen molar-refractivity contribution in [3.8, 4) is 0 Å². The van der Waals surface area contributed by atoms with Gasteiger partial charge in [-0.1, -0.05) is 6.92 Å². The van der Waals surface area contributed by atoms with Gasteiger partial charge in [-0.25, -0.2) is 0 Å². The van der Waals surface area contributed by atoms with Gasteiger partial charge in [-0.2, -0.15) is 5.10 Å². The van der Waals surface area contributed by atoms with Gasteiger partial charge in [-0.15, -0.1) is 24.0 Å². The predicted molar refractivity (Wildman–Crippen MR) is 113 cm³/mol. The first-order valence-corrected chi connectivity index (χ1v) is 8.86. The molecule has 0 spiro atoms. The first kappa shape index (κ1) is 22.6. The average Bonchev–Trinajstić information content (AvgIpc) is 3.15. The van der Waals surface area contributed by atoms with Gasteiger partial charge in [0.1, 0.15) is 12.4 Å². The van der Waals surface area contributed by atoms with Gasteiger partial charge in [0.25, 0.3) is 0 Å². The summed E-state index contributed by atoms with van der Waals surface area (Å²) in [6.45, 7) is 12.6. The van der Waals surface area contributed by atoms with Crippen LogP contribution in [0.25, 0.3) is 0 Å². The van der Waals surface area contributed by atoms with Gasteiger partial charge in [0.15, 0.2) is 5.96 Å². The van der Waals surface area contributed by atoms with Crippen LogP contribution in [0.3, 0.4) is 0 Å². The molecular formula is C16H30IN7O2. The van der Waals surface area contributed by atoms with Crippen LogP contribution in [-0.2, 0) is 6.54 Å². The molecule has 2 atom stereocenters. The Morgan fingerprint density at radius 2 is 2.23 bits per heavy atom. The number of rotatable bonds is 7. The van der Waals surface area contributed by atoms with E-state index in [1.807, 2.05) is 6.92 Å². The van der Waals surface area contributed by atoms with Gasteiger partial charge in [0.05, 0.1) is 18.0 Å². The number of halogens is 1. The normalized spacial score (nSPS) is 20.9. The molecule has 1 saturated heterocycles. The first-order valence-electron chi connectivity index (χ1n) is 8.86. The predicted octanol–water partition coefficient (Wildman–Crippen LogP) is 1.69. The molecule has 1 aliphatic heterocycles. The summed E-state index contributed by atoms with van der Waals surface area (Å²) in [7, 11) is 0. The molecule has 1 fully saturated rings. The summed E-state index contributed by atoms with van der Waals surface area (Å²) < 4.78 is 1.55. The average molecular weight is 479 g/mol. The molecule has 2 unspecified atom stereocenters. The molecule has 0 radical (unpaired) electrons. The molecule has 0 amide bonds. The zero-order valence-electron chi connectivity index (χ0n) is 15.9. The lowest BCUT2D eigenvalue weighted by Gasteiger charge is -2.21. The highest BCUT2D eigenvalue weighted by Crippen LogP contribution is 2.18. The Hall–Kier alpha value is -1.43. The summed E-state index contributed by atoms with van der Waals surface area (Å²) in [6.07, 6.45) is 2.68. The van der Waals surface area contributed by atoms with Crippen LogP contribution in [0.5, 0.6) is 0 Å². The Labute approximate surface area is 171 Å². The van der Waals surface area contributed by atoms with Gasteiger partial charge >= 0.3 is 5.69 Å². The molecular weight excluding hydrogens is 449 g/mol. The summed E-state index contributed by atoms with van der Waals surface area (Å²) in [5.74, 6) is 1.34. The largest absolute Gasteiger partial charge is 0.357 e. The monoisotopic (exact) mass is 479 g/mol. The Kier molecular flexibility index (Phi) is 9.27. The lowest BCUT2D eigenvalue weighted by Crippen LogP contribution is -2.47. The number of nitrogens with one attached hydrogen (secondary N) is 2. The molecule has 1 aliphatic rings. The molecule has 0 bridgehead atoms. The van der Waals surface area contributed by atoms with E-state index in [1.165, 1.54) is 12.4 Å². The van der Waals surface area contributed by atoms with E-state index in [-0.39, 0.29) is 29.7 Å². The molecule has 0 saturated carbocycles. The minimum atomic E-state index is -0.444. The number of nitrogens with zero attached hydrogens (tertiary/aromatic N) is 5. The molecule has 148 valence electrons. The molecule has 1 aromatic heterocycles. The number of hydrogen-bond donors (Lipinski definition) is 2. The molecule has 2 rings (SSSR count). The second-order valence-electron chi connectivity index (χ2n) is 6.76. The summed E-state index contributed by atoms with van der Waals surface area (Å²) in [4.78, 5) is 17.3. The van der Waals surface area contributed by atoms with E-state index in [2.05, 4.69) is 46.4 Å². The van der Waals surface area contributed by atoms with Crippen molar-refractivity contribution < 1.29 is 4.92 Å². The van der Waals surface area contributed by atoms with Gasteiger partial charge in [-0.3, -0.25) is 24.7 Å². The third-order valence-corrected chi connectivity index (χ3v) is 4.47. The first-order chi connectivity index (χ1) is 11.9. The molecule has 9 nitrogen and oxygen atoms in total. The number of hydrogen-bond acceptors (Lipinski definition) is 5. The van der Waals surface area contributed by atoms with E-state index in [0.29, 0.717) is 31.1 Å². The highest BCUT2D eigenvalue weighted by molar-refractivity contribution is 14.0. The second-order valence-corrected chi connectivity index (χ2v) is 6.76. The molecule has 0 aliphatic carbocycles. The zero-order chi connectivity index (χ0) is 18.4. The number of guanidine groups is 1. The van der Waals surface area contributed by atoms with E-state index in [1.54, 1.807) is 4.68 Å². The van der Waals surface area contributed by atoms with Crippen molar-refractivity contribution in [2.45, 2.75) is 46.3 Å². The van der Waals surface area contributed by atoms with Crippen LogP contribution in [0, 0.1) is 16.0 Å². The quantitative estimate of drug-likeness (QED) is 0.203. The molecule has 2 heterocycles. The Morgan fingerprint density at radius 1 is 1.50 bits per heavy atom. The molecule has 26 heavy (non-hydrogen) atoms. The summed E-state index contributed by atoms with van der Waals surface area (Å²) in [5, 5.41) is 21.5. The lowest BCUT2D eigenvalue weighted by atomic mass is 10.1. The van der Waals surface area contributed by atoms with E-state index < -0.39 is 4.92 Å². The smallest absolute Gasteiger partial charge is 0.306 e. The van der Waals surface area contributed by atoms with E-state index in [4.69, 9.17) is 0 Å². The Balaban J connectivity index is 0.00000338.